The van der Waals surface area contributed by atoms with Crippen LogP contribution in [0.3, 0.4) is 0 Å². The number of nitrogens with one attached hydrogen (secondary N) is 1. The number of carbonyl (C=O) groups excluding carboxylic acids is 1. The van der Waals surface area contributed by atoms with Crippen molar-refractivity contribution in [2.24, 2.45) is 7.05 Å². The van der Waals surface area contributed by atoms with Gasteiger partial charge in [-0.15, -0.1) is 11.3 Å². The van der Waals surface area contributed by atoms with Gasteiger partial charge in [-0.2, -0.15) is 0 Å². The first-order valence-corrected chi connectivity index (χ1v) is 6.87. The molecule has 0 saturated carbocycles. The fraction of sp³-hybridized carbons (Fsp3) is 0.154. The summed E-state index contributed by atoms with van der Waals surface area (Å²) in [5.74, 6) is -0.158. The first-order chi connectivity index (χ1) is 9.61. The maximum atomic E-state index is 11.9. The van der Waals surface area contributed by atoms with Crippen molar-refractivity contribution in [3.8, 4) is 0 Å². The molecular weight excluding hydrogens is 276 g/mol. The third kappa shape index (κ3) is 2.48. The summed E-state index contributed by atoms with van der Waals surface area (Å²) in [4.78, 5) is 28.4. The molecule has 0 aliphatic carbocycles. The molecule has 6 nitrogen and oxygen atoms in total. The van der Waals surface area contributed by atoms with Crippen molar-refractivity contribution in [3.05, 3.63) is 52.2 Å². The molecule has 3 heterocycles. The number of pyridine rings is 1. The molecule has 0 bridgehead atoms. The zero-order valence-corrected chi connectivity index (χ0v) is 11.6. The van der Waals surface area contributed by atoms with Crippen LogP contribution < -0.4 is 10.9 Å². The quantitative estimate of drug-likeness (QED) is 0.789. The first kappa shape index (κ1) is 12.6. The van der Waals surface area contributed by atoms with Crippen molar-refractivity contribution in [2.45, 2.75) is 6.42 Å². The standard InChI is InChI=1S/C13H12N4O2S/c1-16-7-9(2-3-12(16)19)14-11(18)6-10-8-17-4-5-20-13(17)15-10/h2-5,7-8H,6H2,1H3,(H,14,18). The highest BCUT2D eigenvalue weighted by Crippen LogP contribution is 2.12. The molecule has 20 heavy (non-hydrogen) atoms. The van der Waals surface area contributed by atoms with E-state index in [9.17, 15) is 9.59 Å². The number of fused-ring (bicyclic) bond motifs is 1. The van der Waals surface area contributed by atoms with Crippen LogP contribution in [-0.2, 0) is 18.3 Å². The minimum Gasteiger partial charge on any atom is -0.324 e. The number of aromatic nitrogens is 3. The number of aryl methyl sites for hydroxylation is 1. The lowest BCUT2D eigenvalue weighted by atomic mass is 10.3. The third-order valence-electron chi connectivity index (χ3n) is 2.85. The Morgan fingerprint density at radius 1 is 1.40 bits per heavy atom. The van der Waals surface area contributed by atoms with Gasteiger partial charge in [0.15, 0.2) is 4.96 Å². The Hall–Kier alpha value is -2.41. The van der Waals surface area contributed by atoms with E-state index in [4.69, 9.17) is 0 Å². The van der Waals surface area contributed by atoms with Gasteiger partial charge >= 0.3 is 0 Å². The van der Waals surface area contributed by atoms with Crippen LogP contribution in [0.2, 0.25) is 0 Å². The van der Waals surface area contributed by atoms with E-state index in [0.717, 1.165) is 10.7 Å². The fourth-order valence-electron chi connectivity index (χ4n) is 1.90. The second kappa shape index (κ2) is 4.93. The predicted molar refractivity (Wildman–Crippen MR) is 77.1 cm³/mol. The Morgan fingerprint density at radius 3 is 3.00 bits per heavy atom. The molecule has 0 saturated heterocycles. The monoisotopic (exact) mass is 288 g/mol. The molecular formula is C13H12N4O2S. The largest absolute Gasteiger partial charge is 0.324 e. The molecule has 3 rings (SSSR count). The summed E-state index contributed by atoms with van der Waals surface area (Å²) < 4.78 is 3.31. The van der Waals surface area contributed by atoms with E-state index < -0.39 is 0 Å². The smallest absolute Gasteiger partial charge is 0.250 e. The summed E-state index contributed by atoms with van der Waals surface area (Å²) in [6.07, 6.45) is 5.54. The highest BCUT2D eigenvalue weighted by atomic mass is 32.1. The second-order valence-corrected chi connectivity index (χ2v) is 5.29. The molecule has 3 aromatic rings. The zero-order valence-electron chi connectivity index (χ0n) is 10.7. The molecule has 102 valence electrons. The maximum absolute atomic E-state index is 11.9. The van der Waals surface area contributed by atoms with E-state index in [2.05, 4.69) is 10.3 Å². The van der Waals surface area contributed by atoms with E-state index in [-0.39, 0.29) is 17.9 Å². The van der Waals surface area contributed by atoms with Crippen molar-refractivity contribution < 1.29 is 4.79 Å². The summed E-state index contributed by atoms with van der Waals surface area (Å²) in [5, 5.41) is 4.69. The van der Waals surface area contributed by atoms with Crippen LogP contribution in [0.4, 0.5) is 5.69 Å². The molecule has 3 aromatic heterocycles. The average molecular weight is 288 g/mol. The van der Waals surface area contributed by atoms with E-state index in [1.54, 1.807) is 19.3 Å². The van der Waals surface area contributed by atoms with E-state index in [1.165, 1.54) is 22.0 Å². The Kier molecular flexibility index (Phi) is 3.11. The second-order valence-electron chi connectivity index (χ2n) is 4.42. The van der Waals surface area contributed by atoms with Gasteiger partial charge in [0.2, 0.25) is 11.5 Å². The molecule has 7 heteroatoms. The number of amides is 1. The van der Waals surface area contributed by atoms with Gasteiger partial charge in [0.1, 0.15) is 0 Å². The maximum Gasteiger partial charge on any atom is 0.250 e. The lowest BCUT2D eigenvalue weighted by molar-refractivity contribution is -0.115. The minimum absolute atomic E-state index is 0.114. The summed E-state index contributed by atoms with van der Waals surface area (Å²) in [6, 6.07) is 3.01. The number of rotatable bonds is 3. The van der Waals surface area contributed by atoms with Crippen molar-refractivity contribution >= 4 is 27.9 Å². The first-order valence-electron chi connectivity index (χ1n) is 5.99. The Morgan fingerprint density at radius 2 is 2.25 bits per heavy atom. The van der Waals surface area contributed by atoms with Crippen LogP contribution in [0.25, 0.3) is 4.96 Å². The number of anilines is 1. The Labute approximate surface area is 118 Å². The van der Waals surface area contributed by atoms with E-state index >= 15 is 0 Å². The van der Waals surface area contributed by atoms with E-state index in [0.29, 0.717) is 5.69 Å². The summed E-state index contributed by atoms with van der Waals surface area (Å²) >= 11 is 1.52. The van der Waals surface area contributed by atoms with Gasteiger partial charge in [-0.1, -0.05) is 0 Å². The molecule has 0 radical (unpaired) electrons. The van der Waals surface area contributed by atoms with Gasteiger partial charge in [-0.3, -0.25) is 14.0 Å². The minimum atomic E-state index is -0.158. The van der Waals surface area contributed by atoms with Crippen molar-refractivity contribution in [2.75, 3.05) is 5.32 Å². The summed E-state index contributed by atoms with van der Waals surface area (Å²) in [7, 11) is 1.64. The van der Waals surface area contributed by atoms with Crippen molar-refractivity contribution in [1.82, 2.24) is 14.0 Å². The molecule has 0 aromatic carbocycles. The molecule has 0 aliphatic heterocycles. The number of hydrogen-bond donors (Lipinski definition) is 1. The molecule has 0 aliphatic rings. The van der Waals surface area contributed by atoms with Crippen LogP contribution in [0, 0.1) is 0 Å². The van der Waals surface area contributed by atoms with Gasteiger partial charge < -0.3 is 9.88 Å². The summed E-state index contributed by atoms with van der Waals surface area (Å²) in [5.41, 5.74) is 1.20. The number of nitrogens with zero attached hydrogens (tertiary/aromatic N) is 3. The average Bonchev–Trinajstić information content (AvgIpc) is 2.94. The topological polar surface area (TPSA) is 68.4 Å². The Balaban J connectivity index is 1.71. The number of thiazole rings is 1. The SMILES string of the molecule is Cn1cc(NC(=O)Cc2cn3ccsc3n2)ccc1=O. The van der Waals surface area contributed by atoms with Crippen LogP contribution >= 0.6 is 11.3 Å². The zero-order chi connectivity index (χ0) is 14.1. The van der Waals surface area contributed by atoms with Crippen LogP contribution in [0.1, 0.15) is 5.69 Å². The molecule has 0 spiro atoms. The predicted octanol–water partition coefficient (Wildman–Crippen LogP) is 1.28. The highest BCUT2D eigenvalue weighted by molar-refractivity contribution is 7.15. The Bertz CT molecular complexity index is 802. The van der Waals surface area contributed by atoms with Gasteiger partial charge in [0.25, 0.3) is 0 Å². The third-order valence-corrected chi connectivity index (χ3v) is 3.63. The van der Waals surface area contributed by atoms with Crippen LogP contribution in [0.5, 0.6) is 0 Å². The van der Waals surface area contributed by atoms with Gasteiger partial charge in [0, 0.05) is 37.1 Å². The van der Waals surface area contributed by atoms with E-state index in [1.807, 2.05) is 22.2 Å². The molecule has 1 N–H and O–H groups in total. The number of carbonyl (C=O) groups is 1. The number of imidazole rings is 1. The molecule has 1 amide bonds. The number of hydrogen-bond acceptors (Lipinski definition) is 4. The molecule has 0 unspecified atom stereocenters. The van der Waals surface area contributed by atoms with Crippen LogP contribution in [-0.4, -0.2) is 19.9 Å². The summed E-state index contributed by atoms with van der Waals surface area (Å²) in [6.45, 7) is 0. The molecule has 0 fully saturated rings. The van der Waals surface area contributed by atoms with Crippen LogP contribution in [0.15, 0.2) is 40.9 Å². The lowest BCUT2D eigenvalue weighted by Crippen LogP contribution is -2.19. The lowest BCUT2D eigenvalue weighted by Gasteiger charge is -2.05. The fourth-order valence-corrected chi connectivity index (χ4v) is 2.62. The van der Waals surface area contributed by atoms with Crippen molar-refractivity contribution in [3.63, 3.8) is 0 Å². The molecule has 0 atom stereocenters. The normalized spacial score (nSPS) is 10.8. The van der Waals surface area contributed by atoms with Crippen molar-refractivity contribution in [1.29, 1.82) is 0 Å². The van der Waals surface area contributed by atoms with Gasteiger partial charge in [-0.25, -0.2) is 4.98 Å². The van der Waals surface area contributed by atoms with Gasteiger partial charge in [-0.05, 0) is 6.07 Å². The van der Waals surface area contributed by atoms with Gasteiger partial charge in [0.05, 0.1) is 17.8 Å². The highest BCUT2D eigenvalue weighted by Gasteiger charge is 2.09.